The van der Waals surface area contributed by atoms with Crippen LogP contribution in [-0.4, -0.2) is 80.2 Å². The van der Waals surface area contributed by atoms with Crippen molar-refractivity contribution in [2.24, 2.45) is 0 Å². The summed E-state index contributed by atoms with van der Waals surface area (Å²) in [5.41, 5.74) is -1.61. The van der Waals surface area contributed by atoms with E-state index < -0.39 is 48.9 Å². The number of aliphatic hydroxyl groups is 4. The van der Waals surface area contributed by atoms with E-state index in [1.165, 1.54) is 36.4 Å². The molecule has 3 rings (SSSR count). The number of benzene rings is 1. The van der Waals surface area contributed by atoms with Gasteiger partial charge in [-0.05, 0) is 54.6 Å². The van der Waals surface area contributed by atoms with Gasteiger partial charge in [-0.1, -0.05) is 0 Å². The Hall–Kier alpha value is -3.02. The van der Waals surface area contributed by atoms with E-state index in [1.807, 2.05) is 0 Å². The molecule has 1 heterocycles. The lowest BCUT2D eigenvalue weighted by atomic mass is 9.97. The number of carbonyl (C=O) groups is 2. The third-order valence-electron chi connectivity index (χ3n) is 4.66. The molecular formula is C21H22O10. The van der Waals surface area contributed by atoms with Crippen LogP contribution >= 0.6 is 0 Å². The van der Waals surface area contributed by atoms with E-state index >= 15 is 0 Å². The average Bonchev–Trinajstić information content (AvgIpc) is 2.75. The number of rotatable bonds is 6. The van der Waals surface area contributed by atoms with Gasteiger partial charge in [0.05, 0.1) is 0 Å². The number of ketones is 1. The summed E-state index contributed by atoms with van der Waals surface area (Å²) in [7, 11) is 0. The van der Waals surface area contributed by atoms with Crippen molar-refractivity contribution in [2.45, 2.75) is 36.3 Å². The highest BCUT2D eigenvalue weighted by Crippen LogP contribution is 2.25. The summed E-state index contributed by atoms with van der Waals surface area (Å²) >= 11 is 0. The number of allylic oxidation sites excluding steroid dienone is 2. The predicted octanol–water partition coefficient (Wildman–Crippen LogP) is -0.896. The Morgan fingerprint density at radius 3 is 2.35 bits per heavy atom. The Kier molecular flexibility index (Phi) is 6.88. The lowest BCUT2D eigenvalue weighted by molar-refractivity contribution is -0.278. The van der Waals surface area contributed by atoms with Crippen LogP contribution in [0.3, 0.4) is 0 Å². The fraction of sp³-hybridized carbons (Fsp3) is 0.333. The van der Waals surface area contributed by atoms with Gasteiger partial charge in [-0.3, -0.25) is 4.79 Å². The molecule has 1 aromatic rings. The minimum absolute atomic E-state index is 0.00114. The molecule has 166 valence electrons. The van der Waals surface area contributed by atoms with E-state index in [-0.39, 0.29) is 17.3 Å². The van der Waals surface area contributed by atoms with Crippen molar-refractivity contribution in [1.82, 2.24) is 0 Å². The van der Waals surface area contributed by atoms with Gasteiger partial charge in [0.2, 0.25) is 6.29 Å². The summed E-state index contributed by atoms with van der Waals surface area (Å²) in [6.45, 7) is -0.480. The first kappa shape index (κ1) is 22.7. The molecule has 0 radical (unpaired) electrons. The van der Waals surface area contributed by atoms with Gasteiger partial charge in [-0.25, -0.2) is 4.79 Å². The summed E-state index contributed by atoms with van der Waals surface area (Å²) in [5.74, 6) is -0.945. The number of phenolic OH excluding ortho intramolecular Hbond substituents is 1. The Balaban J connectivity index is 1.58. The molecule has 31 heavy (non-hydrogen) atoms. The minimum atomic E-state index is -1.63. The second-order valence-corrected chi connectivity index (χ2v) is 7.05. The van der Waals surface area contributed by atoms with Gasteiger partial charge in [0.15, 0.2) is 5.78 Å². The highest BCUT2D eigenvalue weighted by atomic mass is 16.7. The van der Waals surface area contributed by atoms with E-state index in [0.717, 1.165) is 24.3 Å². The first-order chi connectivity index (χ1) is 14.7. The van der Waals surface area contributed by atoms with E-state index in [1.54, 1.807) is 0 Å². The van der Waals surface area contributed by atoms with Crippen molar-refractivity contribution in [2.75, 3.05) is 6.61 Å². The maximum absolute atomic E-state index is 12.0. The van der Waals surface area contributed by atoms with E-state index in [0.29, 0.717) is 0 Å². The van der Waals surface area contributed by atoms with Crippen LogP contribution in [0.4, 0.5) is 0 Å². The molecule has 1 aromatic carbocycles. The summed E-state index contributed by atoms with van der Waals surface area (Å²) < 4.78 is 15.9. The third kappa shape index (κ3) is 5.78. The van der Waals surface area contributed by atoms with Crippen LogP contribution in [0, 0.1) is 0 Å². The average molecular weight is 434 g/mol. The topological polar surface area (TPSA) is 163 Å². The van der Waals surface area contributed by atoms with Crippen molar-refractivity contribution in [3.63, 3.8) is 0 Å². The number of phenols is 1. The summed E-state index contributed by atoms with van der Waals surface area (Å²) in [6.07, 6.45) is -0.601. The number of ether oxygens (including phenoxy) is 3. The number of aliphatic hydroxyl groups excluding tert-OH is 3. The molecule has 1 aliphatic heterocycles. The maximum Gasteiger partial charge on any atom is 0.330 e. The smallest absolute Gasteiger partial charge is 0.330 e. The molecule has 5 atom stereocenters. The van der Waals surface area contributed by atoms with Crippen molar-refractivity contribution in [3.8, 4) is 11.5 Å². The third-order valence-corrected chi connectivity index (χ3v) is 4.66. The molecule has 10 heteroatoms. The lowest BCUT2D eigenvalue weighted by Gasteiger charge is -2.39. The zero-order valence-electron chi connectivity index (χ0n) is 16.1. The van der Waals surface area contributed by atoms with E-state index in [4.69, 9.17) is 14.2 Å². The molecule has 0 bridgehead atoms. The Labute approximate surface area is 176 Å². The quantitative estimate of drug-likeness (QED) is 0.280. The molecule has 0 amide bonds. The number of hydrogen-bond acceptors (Lipinski definition) is 10. The van der Waals surface area contributed by atoms with Gasteiger partial charge in [-0.2, -0.15) is 0 Å². The number of esters is 1. The number of aromatic hydroxyl groups is 1. The fourth-order valence-electron chi connectivity index (χ4n) is 2.88. The van der Waals surface area contributed by atoms with Gasteiger partial charge in [0.1, 0.15) is 48.1 Å². The van der Waals surface area contributed by atoms with E-state index in [2.05, 4.69) is 0 Å². The van der Waals surface area contributed by atoms with Crippen molar-refractivity contribution in [3.05, 3.63) is 60.7 Å². The molecule has 1 saturated heterocycles. The SMILES string of the molecule is O=C1C=CC(O)(C=CC(=O)OC[C@H]2O[C@@H](Oc3ccc(O)cc3)[C@H](O)[C@@H](O)[C@@H]2O)C=C1. The first-order valence-electron chi connectivity index (χ1n) is 9.33. The molecule has 0 aromatic heterocycles. The molecule has 0 saturated carbocycles. The Bertz CT molecular complexity index is 872. The van der Waals surface area contributed by atoms with Crippen molar-refractivity contribution in [1.29, 1.82) is 0 Å². The summed E-state index contributed by atoms with van der Waals surface area (Å²) in [5, 5.41) is 49.8. The van der Waals surface area contributed by atoms with Crippen molar-refractivity contribution >= 4 is 11.8 Å². The van der Waals surface area contributed by atoms with Crippen LogP contribution in [0.2, 0.25) is 0 Å². The second kappa shape index (κ2) is 9.41. The minimum Gasteiger partial charge on any atom is -0.508 e. The standard InChI is InChI=1S/C21H22O10/c22-12-1-3-14(4-2-12)30-20-19(27)18(26)17(25)15(31-20)11-29-16(24)7-10-21(28)8-5-13(23)6-9-21/h1-10,15,17-20,22,25-28H,11H2/t15-,17-,18+,19-,20-/m1/s1. The summed E-state index contributed by atoms with van der Waals surface area (Å²) in [6, 6.07) is 5.52. The van der Waals surface area contributed by atoms with Crippen LogP contribution in [0.5, 0.6) is 11.5 Å². The molecule has 2 aliphatic rings. The van der Waals surface area contributed by atoms with Gasteiger partial charge < -0.3 is 39.7 Å². The maximum atomic E-state index is 12.0. The van der Waals surface area contributed by atoms with Crippen LogP contribution in [0.15, 0.2) is 60.7 Å². The van der Waals surface area contributed by atoms with Gasteiger partial charge in [-0.15, -0.1) is 0 Å². The lowest BCUT2D eigenvalue weighted by Crippen LogP contribution is -2.60. The molecule has 1 fully saturated rings. The number of hydrogen-bond donors (Lipinski definition) is 5. The van der Waals surface area contributed by atoms with Crippen LogP contribution in [0.25, 0.3) is 0 Å². The molecular weight excluding hydrogens is 412 g/mol. The van der Waals surface area contributed by atoms with Gasteiger partial charge >= 0.3 is 5.97 Å². The molecule has 10 nitrogen and oxygen atoms in total. The highest BCUT2D eigenvalue weighted by molar-refractivity contribution is 6.00. The predicted molar refractivity (Wildman–Crippen MR) is 104 cm³/mol. The van der Waals surface area contributed by atoms with Crippen molar-refractivity contribution < 1.29 is 49.3 Å². The normalized spacial score (nSPS) is 29.8. The van der Waals surface area contributed by atoms with Gasteiger partial charge in [0.25, 0.3) is 0 Å². The number of carbonyl (C=O) groups excluding carboxylic acids is 2. The fourth-order valence-corrected chi connectivity index (χ4v) is 2.88. The highest BCUT2D eigenvalue weighted by Gasteiger charge is 2.45. The molecule has 5 N–H and O–H groups in total. The first-order valence-corrected chi connectivity index (χ1v) is 9.33. The van der Waals surface area contributed by atoms with Crippen LogP contribution < -0.4 is 4.74 Å². The second-order valence-electron chi connectivity index (χ2n) is 7.05. The largest absolute Gasteiger partial charge is 0.508 e. The molecule has 0 spiro atoms. The molecule has 0 unspecified atom stereocenters. The van der Waals surface area contributed by atoms with Crippen LogP contribution in [-0.2, 0) is 19.1 Å². The zero-order chi connectivity index (χ0) is 22.6. The Morgan fingerprint density at radius 2 is 1.71 bits per heavy atom. The Morgan fingerprint density at radius 1 is 1.06 bits per heavy atom. The van der Waals surface area contributed by atoms with Gasteiger partial charge in [0, 0.05) is 6.08 Å². The zero-order valence-corrected chi connectivity index (χ0v) is 16.1. The monoisotopic (exact) mass is 434 g/mol. The molecule has 1 aliphatic carbocycles. The summed E-state index contributed by atoms with van der Waals surface area (Å²) in [4.78, 5) is 23.1. The van der Waals surface area contributed by atoms with Crippen LogP contribution in [0.1, 0.15) is 0 Å². The van der Waals surface area contributed by atoms with E-state index in [9.17, 15) is 35.1 Å².